The SMILES string of the molecule is C=NN(/C(=N\N)N1CCN(C(=O)C(=O)c2c[nH]c3c(-c4cc(C(=O)NCCCN(C)C)n(C)n4)ncc(F)c23)CC1)c1ccccc1. The van der Waals surface area contributed by atoms with Crippen molar-refractivity contribution in [1.29, 1.82) is 0 Å². The number of rotatable bonds is 10. The van der Waals surface area contributed by atoms with Crippen LogP contribution in [0.25, 0.3) is 22.3 Å². The van der Waals surface area contributed by atoms with E-state index >= 15 is 4.39 Å². The smallest absolute Gasteiger partial charge is 0.295 e. The number of halogens is 1. The van der Waals surface area contributed by atoms with Crippen molar-refractivity contribution < 1.29 is 18.8 Å². The van der Waals surface area contributed by atoms with E-state index in [1.807, 2.05) is 54.2 Å². The van der Waals surface area contributed by atoms with Gasteiger partial charge in [0.05, 0.1) is 28.4 Å². The maximum Gasteiger partial charge on any atom is 0.295 e. The van der Waals surface area contributed by atoms with Gasteiger partial charge in [-0.2, -0.15) is 15.2 Å². The van der Waals surface area contributed by atoms with Gasteiger partial charge in [-0.15, -0.1) is 5.10 Å². The first-order valence-corrected chi connectivity index (χ1v) is 15.0. The van der Waals surface area contributed by atoms with E-state index in [1.165, 1.54) is 20.8 Å². The maximum absolute atomic E-state index is 15.2. The van der Waals surface area contributed by atoms with Crippen LogP contribution in [0.3, 0.4) is 0 Å². The van der Waals surface area contributed by atoms with Crippen LogP contribution in [0.5, 0.6) is 0 Å². The van der Waals surface area contributed by atoms with Crippen molar-refractivity contribution in [2.45, 2.75) is 6.42 Å². The highest BCUT2D eigenvalue weighted by atomic mass is 19.1. The fourth-order valence-electron chi connectivity index (χ4n) is 5.43. The van der Waals surface area contributed by atoms with Crippen LogP contribution in [0.2, 0.25) is 0 Å². The fourth-order valence-corrected chi connectivity index (χ4v) is 5.43. The molecule has 1 aliphatic rings. The minimum atomic E-state index is -0.869. The van der Waals surface area contributed by atoms with Gasteiger partial charge in [-0.3, -0.25) is 19.1 Å². The molecule has 0 aliphatic carbocycles. The van der Waals surface area contributed by atoms with Crippen LogP contribution >= 0.6 is 0 Å². The van der Waals surface area contributed by atoms with E-state index in [0.717, 1.165) is 19.2 Å². The molecule has 4 aromatic rings. The summed E-state index contributed by atoms with van der Waals surface area (Å²) in [6.07, 6.45) is 3.05. The molecule has 16 heteroatoms. The molecule has 4 heterocycles. The molecule has 1 saturated heterocycles. The predicted molar refractivity (Wildman–Crippen MR) is 176 cm³/mol. The number of hydrazone groups is 2. The number of para-hydroxylation sites is 1. The van der Waals surface area contributed by atoms with Crippen molar-refractivity contribution in [1.82, 2.24) is 39.8 Å². The summed E-state index contributed by atoms with van der Waals surface area (Å²) < 4.78 is 16.6. The minimum absolute atomic E-state index is 0.0829. The Morgan fingerprint density at radius 1 is 1.13 bits per heavy atom. The van der Waals surface area contributed by atoms with Gasteiger partial charge in [0.2, 0.25) is 5.96 Å². The van der Waals surface area contributed by atoms with E-state index in [4.69, 9.17) is 5.84 Å². The van der Waals surface area contributed by atoms with E-state index in [9.17, 15) is 14.4 Å². The van der Waals surface area contributed by atoms with Crippen LogP contribution in [0, 0.1) is 5.82 Å². The average Bonchev–Trinajstić information content (AvgIpc) is 3.70. The number of aryl methyl sites for hydroxylation is 1. The lowest BCUT2D eigenvalue weighted by Gasteiger charge is -2.37. The molecule has 0 unspecified atom stereocenters. The molecule has 1 aromatic carbocycles. The molecule has 1 aliphatic heterocycles. The van der Waals surface area contributed by atoms with E-state index in [2.05, 4.69) is 37.3 Å². The van der Waals surface area contributed by atoms with E-state index in [-0.39, 0.29) is 41.2 Å². The molecule has 2 amide bonds. The quantitative estimate of drug-likeness (QED) is 0.0439. The van der Waals surface area contributed by atoms with Gasteiger partial charge in [0.25, 0.3) is 17.6 Å². The standard InChI is InChI=1S/C31H37FN12O3/c1-34-44(20-9-6-5-7-10-20)31(38-33)43-15-13-42(14-16-43)30(47)28(45)21-18-36-27-25(21)22(32)19-37-26(27)23-17-24(41(4)39-23)29(46)35-11-8-12-40(2)3/h5-7,9-10,17-19,36H,1,8,11-16,33H2,2-4H3,(H,35,46)/b38-31-. The molecular weight excluding hydrogens is 607 g/mol. The molecule has 0 saturated carbocycles. The van der Waals surface area contributed by atoms with Crippen molar-refractivity contribution in [2.75, 3.05) is 58.4 Å². The zero-order chi connectivity index (χ0) is 33.7. The molecule has 0 atom stereocenters. The molecule has 47 heavy (non-hydrogen) atoms. The first kappa shape index (κ1) is 32.7. The number of ketones is 1. The van der Waals surface area contributed by atoms with Gasteiger partial charge in [-0.1, -0.05) is 18.2 Å². The van der Waals surface area contributed by atoms with E-state index in [1.54, 1.807) is 13.1 Å². The number of anilines is 1. The highest BCUT2D eigenvalue weighted by Crippen LogP contribution is 2.30. The molecule has 15 nitrogen and oxygen atoms in total. The number of fused-ring (bicyclic) bond motifs is 1. The molecule has 3 aromatic heterocycles. The number of pyridine rings is 1. The Labute approximate surface area is 270 Å². The van der Waals surface area contributed by atoms with Crippen LogP contribution < -0.4 is 16.2 Å². The highest BCUT2D eigenvalue weighted by molar-refractivity contribution is 6.45. The third-order valence-corrected chi connectivity index (χ3v) is 7.82. The monoisotopic (exact) mass is 644 g/mol. The Morgan fingerprint density at radius 3 is 2.49 bits per heavy atom. The number of nitrogens with one attached hydrogen (secondary N) is 2. The number of aromatic amines is 1. The Kier molecular flexibility index (Phi) is 9.89. The topological polar surface area (TPSA) is 173 Å². The number of hydrogen-bond donors (Lipinski definition) is 3. The van der Waals surface area contributed by atoms with Crippen molar-refractivity contribution in [3.05, 3.63) is 65.9 Å². The van der Waals surface area contributed by atoms with Gasteiger partial charge in [-0.25, -0.2) is 9.37 Å². The Morgan fingerprint density at radius 2 is 1.83 bits per heavy atom. The van der Waals surface area contributed by atoms with Crippen molar-refractivity contribution in [2.24, 2.45) is 23.1 Å². The number of guanidine groups is 1. The van der Waals surface area contributed by atoms with Gasteiger partial charge in [0.1, 0.15) is 17.1 Å². The molecule has 0 spiro atoms. The van der Waals surface area contributed by atoms with E-state index in [0.29, 0.717) is 42.7 Å². The zero-order valence-corrected chi connectivity index (χ0v) is 26.5. The van der Waals surface area contributed by atoms with Crippen molar-refractivity contribution in [3.8, 4) is 11.4 Å². The van der Waals surface area contributed by atoms with Gasteiger partial charge < -0.3 is 30.8 Å². The van der Waals surface area contributed by atoms with Crippen molar-refractivity contribution in [3.63, 3.8) is 0 Å². The average molecular weight is 645 g/mol. The van der Waals surface area contributed by atoms with Gasteiger partial charge in [-0.05, 0) is 45.3 Å². The number of carbonyl (C=O) groups excluding carboxylic acids is 3. The van der Waals surface area contributed by atoms with Crippen LogP contribution in [0.15, 0.2) is 59.0 Å². The zero-order valence-electron chi connectivity index (χ0n) is 26.5. The molecule has 1 fully saturated rings. The second-order valence-electron chi connectivity index (χ2n) is 11.2. The van der Waals surface area contributed by atoms with Crippen LogP contribution in [-0.2, 0) is 11.8 Å². The maximum atomic E-state index is 15.2. The summed E-state index contributed by atoms with van der Waals surface area (Å²) >= 11 is 0. The van der Waals surface area contributed by atoms with Crippen LogP contribution in [-0.4, -0.2) is 118 Å². The van der Waals surface area contributed by atoms with Gasteiger partial charge in [0.15, 0.2) is 5.82 Å². The second-order valence-corrected chi connectivity index (χ2v) is 11.2. The number of H-pyrrole nitrogens is 1. The first-order chi connectivity index (χ1) is 22.6. The second kappa shape index (κ2) is 14.2. The summed E-state index contributed by atoms with van der Waals surface area (Å²) in [6.45, 7) is 5.95. The summed E-state index contributed by atoms with van der Waals surface area (Å²) in [7, 11) is 5.54. The summed E-state index contributed by atoms with van der Waals surface area (Å²) in [5.41, 5.74) is 1.59. The number of carbonyl (C=O) groups is 3. The summed E-state index contributed by atoms with van der Waals surface area (Å²) in [6, 6.07) is 10.8. The lowest BCUT2D eigenvalue weighted by Crippen LogP contribution is -2.55. The number of amides is 2. The highest BCUT2D eigenvalue weighted by Gasteiger charge is 2.32. The fraction of sp³-hybridized carbons (Fsp3) is 0.323. The normalized spacial score (nSPS) is 13.7. The van der Waals surface area contributed by atoms with E-state index < -0.39 is 17.5 Å². The van der Waals surface area contributed by atoms with Gasteiger partial charge in [0, 0.05) is 52.7 Å². The summed E-state index contributed by atoms with van der Waals surface area (Å²) in [5, 5.41) is 16.6. The Hall–Kier alpha value is -5.64. The number of hydrogen-bond acceptors (Lipinski definition) is 9. The number of benzene rings is 1. The number of nitrogens with zero attached hydrogens (tertiary/aromatic N) is 9. The number of nitrogens with two attached hydrogens (primary N) is 1. The molecule has 246 valence electrons. The largest absolute Gasteiger partial charge is 0.359 e. The molecule has 0 radical (unpaired) electrons. The minimum Gasteiger partial charge on any atom is -0.359 e. The lowest BCUT2D eigenvalue weighted by atomic mass is 10.1. The summed E-state index contributed by atoms with van der Waals surface area (Å²) in [4.78, 5) is 52.0. The Bertz CT molecular complexity index is 1810. The number of piperazine rings is 1. The first-order valence-electron chi connectivity index (χ1n) is 15.0. The molecule has 5 rings (SSSR count). The van der Waals surface area contributed by atoms with Crippen LogP contribution in [0.1, 0.15) is 27.3 Å². The lowest BCUT2D eigenvalue weighted by molar-refractivity contribution is -0.127. The predicted octanol–water partition coefficient (Wildman–Crippen LogP) is 1.46. The van der Waals surface area contributed by atoms with Crippen molar-refractivity contribution >= 4 is 46.9 Å². The summed E-state index contributed by atoms with van der Waals surface area (Å²) in [5.74, 6) is 3.32. The molecule has 4 N–H and O–H groups in total. The third-order valence-electron chi connectivity index (χ3n) is 7.82. The number of Topliss-reactive ketones (excluding diaryl/α,β-unsaturated/α-hetero) is 1. The molecule has 0 bridgehead atoms. The third kappa shape index (κ3) is 6.81. The van der Waals surface area contributed by atoms with Crippen LogP contribution in [0.4, 0.5) is 10.1 Å². The number of aromatic nitrogens is 4. The Balaban J connectivity index is 1.30. The molecular formula is C31H37FN12O3. The van der Waals surface area contributed by atoms with Gasteiger partial charge >= 0.3 is 0 Å².